The highest BCUT2D eigenvalue weighted by Crippen LogP contribution is 2.30. The van der Waals surface area contributed by atoms with Crippen molar-refractivity contribution in [2.75, 3.05) is 6.54 Å². The maximum absolute atomic E-state index is 4.54. The second kappa shape index (κ2) is 6.52. The van der Waals surface area contributed by atoms with Crippen molar-refractivity contribution in [2.24, 2.45) is 0 Å². The van der Waals surface area contributed by atoms with Crippen LogP contribution >= 0.6 is 0 Å². The van der Waals surface area contributed by atoms with Crippen LogP contribution in [-0.2, 0) is 6.54 Å². The first kappa shape index (κ1) is 15.0. The van der Waals surface area contributed by atoms with E-state index in [0.717, 1.165) is 42.7 Å². The molecule has 1 aliphatic rings. The number of aromatic nitrogens is 6. The molecule has 1 aliphatic heterocycles. The highest BCUT2D eigenvalue weighted by atomic mass is 15.3. The monoisotopic (exact) mass is 323 g/mol. The fourth-order valence-electron chi connectivity index (χ4n) is 3.33. The van der Waals surface area contributed by atoms with E-state index in [0.29, 0.717) is 0 Å². The minimum atomic E-state index is 0.240. The number of para-hydroxylation sites is 1. The average Bonchev–Trinajstić information content (AvgIpc) is 3.25. The Kier molecular flexibility index (Phi) is 4.08. The van der Waals surface area contributed by atoms with Crippen LogP contribution in [0.4, 0.5) is 0 Å². The summed E-state index contributed by atoms with van der Waals surface area (Å²) in [6, 6.07) is 10.4. The number of hydrogen-bond donors (Lipinski definition) is 1. The van der Waals surface area contributed by atoms with Crippen LogP contribution in [0.15, 0.2) is 36.7 Å². The number of rotatable bonds is 4. The molecule has 2 aromatic heterocycles. The SMILES string of the molecule is Cc1nc([C@H]2CCCCN2Cc2nncn2-c2ccccc2)n[nH]1. The van der Waals surface area contributed by atoms with Crippen molar-refractivity contribution in [2.45, 2.75) is 38.8 Å². The van der Waals surface area contributed by atoms with Crippen LogP contribution in [0.1, 0.15) is 42.8 Å². The molecule has 0 bridgehead atoms. The lowest BCUT2D eigenvalue weighted by atomic mass is 10.0. The Morgan fingerprint density at radius 1 is 1.21 bits per heavy atom. The Morgan fingerprint density at radius 3 is 2.88 bits per heavy atom. The summed E-state index contributed by atoms with van der Waals surface area (Å²) in [7, 11) is 0. The van der Waals surface area contributed by atoms with E-state index in [2.05, 4.69) is 47.0 Å². The van der Waals surface area contributed by atoms with Crippen LogP contribution < -0.4 is 0 Å². The van der Waals surface area contributed by atoms with Gasteiger partial charge in [-0.15, -0.1) is 10.2 Å². The summed E-state index contributed by atoms with van der Waals surface area (Å²) < 4.78 is 2.05. The largest absolute Gasteiger partial charge is 0.286 e. The van der Waals surface area contributed by atoms with E-state index in [1.54, 1.807) is 6.33 Å². The minimum absolute atomic E-state index is 0.240. The highest BCUT2D eigenvalue weighted by molar-refractivity contribution is 5.32. The summed E-state index contributed by atoms with van der Waals surface area (Å²) in [5, 5.41) is 15.8. The maximum Gasteiger partial charge on any atom is 0.167 e. The minimum Gasteiger partial charge on any atom is -0.286 e. The van der Waals surface area contributed by atoms with E-state index in [4.69, 9.17) is 0 Å². The number of piperidine rings is 1. The van der Waals surface area contributed by atoms with Crippen LogP contribution in [0.5, 0.6) is 0 Å². The van der Waals surface area contributed by atoms with Gasteiger partial charge in [0.05, 0.1) is 12.6 Å². The number of benzene rings is 1. The van der Waals surface area contributed by atoms with Crippen LogP contribution in [-0.4, -0.2) is 41.4 Å². The second-order valence-electron chi connectivity index (χ2n) is 6.21. The third-order valence-corrected chi connectivity index (χ3v) is 4.52. The molecule has 0 unspecified atom stereocenters. The first-order valence-electron chi connectivity index (χ1n) is 8.38. The average molecular weight is 323 g/mol. The summed E-state index contributed by atoms with van der Waals surface area (Å²) in [6.45, 7) is 3.71. The van der Waals surface area contributed by atoms with Gasteiger partial charge in [-0.05, 0) is 38.4 Å². The van der Waals surface area contributed by atoms with Crippen LogP contribution in [0.3, 0.4) is 0 Å². The molecule has 0 saturated carbocycles. The fraction of sp³-hybridized carbons (Fsp3) is 0.412. The molecule has 124 valence electrons. The summed E-state index contributed by atoms with van der Waals surface area (Å²) in [6.07, 6.45) is 5.26. The standard InChI is InChI=1S/C17H21N7/c1-13-19-17(22-20-13)15-9-5-6-10-23(15)11-16-21-18-12-24(16)14-7-3-2-4-8-14/h2-4,7-8,12,15H,5-6,9-11H2,1H3,(H,19,20,22)/t15-/m1/s1. The molecule has 0 spiro atoms. The van der Waals surface area contributed by atoms with Crippen molar-refractivity contribution in [3.8, 4) is 5.69 Å². The van der Waals surface area contributed by atoms with Crippen LogP contribution in [0.25, 0.3) is 5.69 Å². The van der Waals surface area contributed by atoms with E-state index >= 15 is 0 Å². The Bertz CT molecular complexity index is 792. The van der Waals surface area contributed by atoms with Gasteiger partial charge >= 0.3 is 0 Å². The molecule has 1 aromatic carbocycles. The quantitative estimate of drug-likeness (QED) is 0.798. The molecule has 7 heteroatoms. The Hall–Kier alpha value is -2.54. The lowest BCUT2D eigenvalue weighted by Crippen LogP contribution is -2.34. The van der Waals surface area contributed by atoms with Crippen molar-refractivity contribution in [1.29, 1.82) is 0 Å². The number of aryl methyl sites for hydroxylation is 1. The molecule has 0 amide bonds. The van der Waals surface area contributed by atoms with E-state index in [9.17, 15) is 0 Å². The molecular weight excluding hydrogens is 302 g/mol. The number of nitrogens with zero attached hydrogens (tertiary/aromatic N) is 6. The molecule has 3 aromatic rings. The number of likely N-dealkylation sites (tertiary alicyclic amines) is 1. The summed E-state index contributed by atoms with van der Waals surface area (Å²) in [5.74, 6) is 2.70. The molecule has 7 nitrogen and oxygen atoms in total. The van der Waals surface area contributed by atoms with Gasteiger partial charge < -0.3 is 0 Å². The van der Waals surface area contributed by atoms with Gasteiger partial charge in [-0.25, -0.2) is 4.98 Å². The molecule has 1 N–H and O–H groups in total. The Morgan fingerprint density at radius 2 is 2.08 bits per heavy atom. The zero-order valence-corrected chi connectivity index (χ0v) is 13.8. The zero-order valence-electron chi connectivity index (χ0n) is 13.8. The number of aromatic amines is 1. The van der Waals surface area contributed by atoms with Crippen molar-refractivity contribution in [3.05, 3.63) is 54.1 Å². The molecule has 1 fully saturated rings. The van der Waals surface area contributed by atoms with Gasteiger partial charge in [0, 0.05) is 5.69 Å². The predicted octanol–water partition coefficient (Wildman–Crippen LogP) is 2.42. The summed E-state index contributed by atoms with van der Waals surface area (Å²) in [5.41, 5.74) is 1.08. The summed E-state index contributed by atoms with van der Waals surface area (Å²) >= 11 is 0. The first-order chi connectivity index (χ1) is 11.8. The number of hydrogen-bond acceptors (Lipinski definition) is 5. The van der Waals surface area contributed by atoms with E-state index in [1.165, 1.54) is 12.8 Å². The van der Waals surface area contributed by atoms with E-state index in [-0.39, 0.29) is 6.04 Å². The van der Waals surface area contributed by atoms with Gasteiger partial charge in [0.2, 0.25) is 0 Å². The van der Waals surface area contributed by atoms with Crippen molar-refractivity contribution < 1.29 is 0 Å². The molecule has 0 radical (unpaired) electrons. The third kappa shape index (κ3) is 2.94. The Labute approximate surface area is 140 Å². The van der Waals surface area contributed by atoms with Gasteiger partial charge in [-0.1, -0.05) is 24.6 Å². The van der Waals surface area contributed by atoms with Gasteiger partial charge in [-0.3, -0.25) is 14.6 Å². The summed E-state index contributed by atoms with van der Waals surface area (Å²) in [4.78, 5) is 6.96. The predicted molar refractivity (Wildman–Crippen MR) is 89.5 cm³/mol. The van der Waals surface area contributed by atoms with Crippen molar-refractivity contribution >= 4 is 0 Å². The Balaban J connectivity index is 1.59. The third-order valence-electron chi connectivity index (χ3n) is 4.52. The van der Waals surface area contributed by atoms with E-state index in [1.807, 2.05) is 25.1 Å². The highest BCUT2D eigenvalue weighted by Gasteiger charge is 2.28. The zero-order chi connectivity index (χ0) is 16.4. The maximum atomic E-state index is 4.54. The normalized spacial score (nSPS) is 18.8. The first-order valence-corrected chi connectivity index (χ1v) is 8.38. The van der Waals surface area contributed by atoms with Gasteiger partial charge in [0.25, 0.3) is 0 Å². The van der Waals surface area contributed by atoms with Crippen molar-refractivity contribution in [3.63, 3.8) is 0 Å². The second-order valence-corrected chi connectivity index (χ2v) is 6.21. The van der Waals surface area contributed by atoms with E-state index < -0.39 is 0 Å². The van der Waals surface area contributed by atoms with Crippen LogP contribution in [0.2, 0.25) is 0 Å². The fourth-order valence-corrected chi connectivity index (χ4v) is 3.33. The molecule has 1 atom stereocenters. The lowest BCUT2D eigenvalue weighted by Gasteiger charge is -2.33. The van der Waals surface area contributed by atoms with Gasteiger partial charge in [0.1, 0.15) is 12.2 Å². The smallest absolute Gasteiger partial charge is 0.167 e. The van der Waals surface area contributed by atoms with Crippen molar-refractivity contribution in [1.82, 2.24) is 34.8 Å². The van der Waals surface area contributed by atoms with Crippen LogP contribution in [0, 0.1) is 6.92 Å². The molecular formula is C17H21N7. The molecule has 3 heterocycles. The number of H-pyrrole nitrogens is 1. The molecule has 1 saturated heterocycles. The molecule has 24 heavy (non-hydrogen) atoms. The van der Waals surface area contributed by atoms with Gasteiger partial charge in [0.15, 0.2) is 11.6 Å². The number of nitrogens with one attached hydrogen (secondary N) is 1. The van der Waals surface area contributed by atoms with Gasteiger partial charge in [-0.2, -0.15) is 5.10 Å². The molecule has 4 rings (SSSR count). The lowest BCUT2D eigenvalue weighted by molar-refractivity contribution is 0.130. The topological polar surface area (TPSA) is 75.5 Å². The molecule has 0 aliphatic carbocycles.